The van der Waals surface area contributed by atoms with Crippen LogP contribution in [0.5, 0.6) is 0 Å². The SMILES string of the molecule is CCCc1ccc(C(=O)NCC2(CN)CCC2)cc1. The molecule has 1 amide bonds. The van der Waals surface area contributed by atoms with Crippen LogP contribution in [-0.4, -0.2) is 19.0 Å². The fourth-order valence-corrected chi connectivity index (χ4v) is 2.61. The minimum absolute atomic E-state index is 0.0165. The van der Waals surface area contributed by atoms with E-state index in [1.807, 2.05) is 24.3 Å². The summed E-state index contributed by atoms with van der Waals surface area (Å²) >= 11 is 0. The van der Waals surface area contributed by atoms with E-state index in [-0.39, 0.29) is 11.3 Å². The second-order valence-corrected chi connectivity index (χ2v) is 5.69. The number of carbonyl (C=O) groups is 1. The van der Waals surface area contributed by atoms with Gasteiger partial charge in [-0.2, -0.15) is 0 Å². The molecule has 0 unspecified atom stereocenters. The molecular formula is C16H24N2O. The van der Waals surface area contributed by atoms with Gasteiger partial charge in [0, 0.05) is 12.1 Å². The molecule has 3 N–H and O–H groups in total. The highest BCUT2D eigenvalue weighted by Crippen LogP contribution is 2.39. The van der Waals surface area contributed by atoms with Crippen molar-refractivity contribution in [3.05, 3.63) is 35.4 Å². The highest BCUT2D eigenvalue weighted by Gasteiger charge is 2.35. The Kier molecular flexibility index (Phi) is 4.59. The summed E-state index contributed by atoms with van der Waals surface area (Å²) in [5.41, 5.74) is 7.99. The second-order valence-electron chi connectivity index (χ2n) is 5.69. The summed E-state index contributed by atoms with van der Waals surface area (Å²) in [5.74, 6) is 0.0165. The van der Waals surface area contributed by atoms with Crippen molar-refractivity contribution in [1.82, 2.24) is 5.32 Å². The van der Waals surface area contributed by atoms with Gasteiger partial charge in [0.05, 0.1) is 0 Å². The van der Waals surface area contributed by atoms with Crippen molar-refractivity contribution in [2.75, 3.05) is 13.1 Å². The largest absolute Gasteiger partial charge is 0.351 e. The molecule has 19 heavy (non-hydrogen) atoms. The number of rotatable bonds is 6. The molecule has 0 bridgehead atoms. The number of hydrogen-bond acceptors (Lipinski definition) is 2. The van der Waals surface area contributed by atoms with E-state index in [1.54, 1.807) is 0 Å². The van der Waals surface area contributed by atoms with Gasteiger partial charge in [-0.15, -0.1) is 0 Å². The lowest BCUT2D eigenvalue weighted by molar-refractivity contribution is 0.0876. The normalized spacial score (nSPS) is 16.7. The molecule has 104 valence electrons. The van der Waals surface area contributed by atoms with Gasteiger partial charge < -0.3 is 11.1 Å². The molecule has 0 spiro atoms. The Hall–Kier alpha value is -1.35. The van der Waals surface area contributed by atoms with Crippen LogP contribution in [0.15, 0.2) is 24.3 Å². The number of aryl methyl sites for hydroxylation is 1. The molecule has 1 aromatic rings. The fourth-order valence-electron chi connectivity index (χ4n) is 2.61. The Labute approximate surface area is 115 Å². The molecule has 3 nitrogen and oxygen atoms in total. The van der Waals surface area contributed by atoms with Crippen molar-refractivity contribution < 1.29 is 4.79 Å². The van der Waals surface area contributed by atoms with E-state index in [0.717, 1.165) is 31.2 Å². The van der Waals surface area contributed by atoms with Gasteiger partial charge in [-0.05, 0) is 48.9 Å². The van der Waals surface area contributed by atoms with Gasteiger partial charge in [-0.1, -0.05) is 31.9 Å². The summed E-state index contributed by atoms with van der Waals surface area (Å²) in [6.07, 6.45) is 5.71. The smallest absolute Gasteiger partial charge is 0.251 e. The van der Waals surface area contributed by atoms with Crippen LogP contribution >= 0.6 is 0 Å². The van der Waals surface area contributed by atoms with Crippen molar-refractivity contribution >= 4 is 5.91 Å². The Bertz CT molecular complexity index is 415. The number of nitrogens with two attached hydrogens (primary N) is 1. The summed E-state index contributed by atoms with van der Waals surface area (Å²) < 4.78 is 0. The predicted molar refractivity (Wildman–Crippen MR) is 78.1 cm³/mol. The quantitative estimate of drug-likeness (QED) is 0.825. The lowest BCUT2D eigenvalue weighted by Gasteiger charge is -2.41. The summed E-state index contributed by atoms with van der Waals surface area (Å²) in [6.45, 7) is 3.53. The number of hydrogen-bond donors (Lipinski definition) is 2. The molecule has 0 atom stereocenters. The maximum absolute atomic E-state index is 12.1. The van der Waals surface area contributed by atoms with Gasteiger partial charge in [0.15, 0.2) is 0 Å². The van der Waals surface area contributed by atoms with Crippen LogP contribution in [0.2, 0.25) is 0 Å². The number of nitrogens with one attached hydrogen (secondary N) is 1. The first-order valence-electron chi connectivity index (χ1n) is 7.26. The first-order valence-corrected chi connectivity index (χ1v) is 7.26. The van der Waals surface area contributed by atoms with E-state index in [0.29, 0.717) is 13.1 Å². The molecule has 0 heterocycles. The number of carbonyl (C=O) groups excluding carboxylic acids is 1. The molecule has 1 fully saturated rings. The summed E-state index contributed by atoms with van der Waals surface area (Å²) in [7, 11) is 0. The van der Waals surface area contributed by atoms with Crippen molar-refractivity contribution in [1.29, 1.82) is 0 Å². The molecule has 0 saturated heterocycles. The topological polar surface area (TPSA) is 55.1 Å². The molecule has 1 saturated carbocycles. The Morgan fingerprint density at radius 1 is 1.32 bits per heavy atom. The molecule has 0 aliphatic heterocycles. The van der Waals surface area contributed by atoms with E-state index in [2.05, 4.69) is 12.2 Å². The molecule has 0 radical (unpaired) electrons. The average Bonchev–Trinajstić information content (AvgIpc) is 2.39. The summed E-state index contributed by atoms with van der Waals surface area (Å²) in [6, 6.07) is 7.91. The monoisotopic (exact) mass is 260 g/mol. The van der Waals surface area contributed by atoms with Gasteiger partial charge in [-0.3, -0.25) is 4.79 Å². The average molecular weight is 260 g/mol. The van der Waals surface area contributed by atoms with Crippen molar-refractivity contribution in [2.24, 2.45) is 11.1 Å². The maximum atomic E-state index is 12.1. The Morgan fingerprint density at radius 3 is 2.47 bits per heavy atom. The third-order valence-corrected chi connectivity index (χ3v) is 4.23. The number of benzene rings is 1. The van der Waals surface area contributed by atoms with Crippen molar-refractivity contribution in [3.8, 4) is 0 Å². The molecule has 3 heteroatoms. The number of amides is 1. The first kappa shape index (κ1) is 14.1. The third kappa shape index (κ3) is 3.35. The highest BCUT2D eigenvalue weighted by atomic mass is 16.1. The standard InChI is InChI=1S/C16H24N2O/c1-2-4-13-5-7-14(8-6-13)15(19)18-12-16(11-17)9-3-10-16/h5-8H,2-4,9-12,17H2,1H3,(H,18,19). The van der Waals surface area contributed by atoms with Crippen LogP contribution in [0.3, 0.4) is 0 Å². The second kappa shape index (κ2) is 6.20. The zero-order chi connectivity index (χ0) is 13.7. The molecule has 2 rings (SSSR count). The molecule has 1 aromatic carbocycles. The predicted octanol–water partition coefficient (Wildman–Crippen LogP) is 2.50. The van der Waals surface area contributed by atoms with Crippen molar-refractivity contribution in [3.63, 3.8) is 0 Å². The van der Waals surface area contributed by atoms with Crippen LogP contribution < -0.4 is 11.1 Å². The van der Waals surface area contributed by atoms with Gasteiger partial charge in [0.1, 0.15) is 0 Å². The fraction of sp³-hybridized carbons (Fsp3) is 0.562. The lowest BCUT2D eigenvalue weighted by Crippen LogP contribution is -2.46. The summed E-state index contributed by atoms with van der Waals surface area (Å²) in [4.78, 5) is 12.1. The van der Waals surface area contributed by atoms with Gasteiger partial charge in [0.2, 0.25) is 0 Å². The zero-order valence-electron chi connectivity index (χ0n) is 11.7. The zero-order valence-corrected chi connectivity index (χ0v) is 11.7. The lowest BCUT2D eigenvalue weighted by atomic mass is 9.69. The van der Waals surface area contributed by atoms with Gasteiger partial charge in [-0.25, -0.2) is 0 Å². The molecule has 0 aromatic heterocycles. The molecule has 1 aliphatic carbocycles. The highest BCUT2D eigenvalue weighted by molar-refractivity contribution is 5.94. The maximum Gasteiger partial charge on any atom is 0.251 e. The minimum Gasteiger partial charge on any atom is -0.351 e. The van der Waals surface area contributed by atoms with Crippen molar-refractivity contribution in [2.45, 2.75) is 39.0 Å². The van der Waals surface area contributed by atoms with E-state index in [9.17, 15) is 4.79 Å². The Balaban J connectivity index is 1.89. The van der Waals surface area contributed by atoms with Crippen LogP contribution in [0.4, 0.5) is 0 Å². The summed E-state index contributed by atoms with van der Waals surface area (Å²) in [5, 5.41) is 3.03. The Morgan fingerprint density at radius 2 is 2.00 bits per heavy atom. The van der Waals surface area contributed by atoms with E-state index >= 15 is 0 Å². The van der Waals surface area contributed by atoms with E-state index < -0.39 is 0 Å². The van der Waals surface area contributed by atoms with E-state index in [4.69, 9.17) is 5.73 Å². The van der Waals surface area contributed by atoms with E-state index in [1.165, 1.54) is 12.0 Å². The van der Waals surface area contributed by atoms with Gasteiger partial charge in [0.25, 0.3) is 5.91 Å². The van der Waals surface area contributed by atoms with Crippen LogP contribution in [0, 0.1) is 5.41 Å². The van der Waals surface area contributed by atoms with Crippen LogP contribution in [0.1, 0.15) is 48.5 Å². The van der Waals surface area contributed by atoms with Gasteiger partial charge >= 0.3 is 0 Å². The molecular weight excluding hydrogens is 236 g/mol. The van der Waals surface area contributed by atoms with Crippen LogP contribution in [-0.2, 0) is 6.42 Å². The first-order chi connectivity index (χ1) is 9.19. The molecule has 1 aliphatic rings. The third-order valence-electron chi connectivity index (χ3n) is 4.23. The van der Waals surface area contributed by atoms with Crippen LogP contribution in [0.25, 0.3) is 0 Å². The minimum atomic E-state index is 0.0165.